The molecule has 3 rings (SSSR count). The van der Waals surface area contributed by atoms with Crippen LogP contribution < -0.4 is 32.4 Å². The Morgan fingerprint density at radius 3 is 2.02 bits per heavy atom. The summed E-state index contributed by atoms with van der Waals surface area (Å²) in [5, 5.41) is 36.5. The Hall–Kier alpha value is -6.35. The van der Waals surface area contributed by atoms with Gasteiger partial charge in [0.25, 0.3) is 12.0 Å². The average molecular weight is 752 g/mol. The van der Waals surface area contributed by atoms with E-state index in [-0.39, 0.29) is 60.8 Å². The fraction of sp³-hybridized carbons (Fsp3) is 0.300. The highest BCUT2D eigenvalue weighted by atomic mass is 19.4. The topological polar surface area (TPSA) is 273 Å². The summed E-state index contributed by atoms with van der Waals surface area (Å²) in [5.41, 5.74) is 13.6. The summed E-state index contributed by atoms with van der Waals surface area (Å²) in [5.74, 6) is -4.02. The molecule has 0 radical (unpaired) electrons. The Morgan fingerprint density at radius 1 is 1.08 bits per heavy atom. The zero-order valence-corrected chi connectivity index (χ0v) is 27.5. The van der Waals surface area contributed by atoms with Crippen LogP contribution in [0.2, 0.25) is 0 Å². The standard InChI is InChI=1S/C26H31N7O5.C2HF3O2.CHF3.CH2O2/c1-14(2)32-25-26(37)33(13-21(34)30-11-15-4-6-17(7-5-15)24(28)29)20(12-31-25)18-8-16(10-22(35)36)9-19(27)23(18)38-3;3-2(4,5)1(6)7;2-1(3)4;2-1-3/h4-9,12,14H,10-11,13,27H2,1-3H3,(H3,28,29)(H,30,34)(H,31,32)(H,35,36);(H,6,7);1H;1H,(H,2,3). The average Bonchev–Trinajstić information content (AvgIpc) is 3.01. The smallest absolute Gasteiger partial charge is 0.490 e. The molecule has 1 amide bonds. The van der Waals surface area contributed by atoms with Crippen molar-refractivity contribution >= 4 is 41.7 Å². The molecule has 0 spiro atoms. The number of carboxylic acids is 2. The van der Waals surface area contributed by atoms with Gasteiger partial charge < -0.3 is 42.2 Å². The van der Waals surface area contributed by atoms with Crippen LogP contribution in [0.15, 0.2) is 47.4 Å². The molecule has 16 nitrogen and oxygen atoms in total. The van der Waals surface area contributed by atoms with Gasteiger partial charge >= 0.3 is 24.8 Å². The van der Waals surface area contributed by atoms with E-state index in [0.29, 0.717) is 16.7 Å². The number of methoxy groups -OCH3 is 1. The van der Waals surface area contributed by atoms with Gasteiger partial charge in [-0.25, -0.2) is 9.78 Å². The lowest BCUT2D eigenvalue weighted by molar-refractivity contribution is -0.192. The first-order chi connectivity index (χ1) is 24.1. The monoisotopic (exact) mass is 751 g/mol. The molecule has 0 aliphatic heterocycles. The van der Waals surface area contributed by atoms with Crippen LogP contribution in [0.25, 0.3) is 11.3 Å². The van der Waals surface area contributed by atoms with E-state index >= 15 is 0 Å². The molecule has 52 heavy (non-hydrogen) atoms. The largest absolute Gasteiger partial charge is 0.494 e. The first-order valence-corrected chi connectivity index (χ1v) is 14.1. The highest BCUT2D eigenvalue weighted by molar-refractivity contribution is 5.94. The van der Waals surface area contributed by atoms with E-state index in [9.17, 15) is 45.8 Å². The molecular formula is C30H35F6N7O9. The van der Waals surface area contributed by atoms with Crippen molar-refractivity contribution in [3.8, 4) is 17.0 Å². The highest BCUT2D eigenvalue weighted by Crippen LogP contribution is 2.36. The van der Waals surface area contributed by atoms with Gasteiger partial charge in [0.2, 0.25) is 5.91 Å². The number of nitrogens with two attached hydrogens (primary N) is 2. The number of alkyl halides is 6. The number of rotatable bonds is 11. The number of halogens is 6. The Morgan fingerprint density at radius 2 is 1.60 bits per heavy atom. The van der Waals surface area contributed by atoms with E-state index in [4.69, 9.17) is 41.4 Å². The Balaban J connectivity index is 0.00000158. The molecule has 0 saturated heterocycles. The van der Waals surface area contributed by atoms with Crippen LogP contribution in [-0.2, 0) is 38.7 Å². The molecule has 0 fully saturated rings. The lowest BCUT2D eigenvalue weighted by atomic mass is 10.0. The summed E-state index contributed by atoms with van der Waals surface area (Å²) in [6.45, 7) is -0.375. The summed E-state index contributed by atoms with van der Waals surface area (Å²) in [6.07, 6.45) is -3.96. The van der Waals surface area contributed by atoms with Crippen molar-refractivity contribution in [2.75, 3.05) is 18.2 Å². The fourth-order valence-corrected chi connectivity index (χ4v) is 3.84. The van der Waals surface area contributed by atoms with Gasteiger partial charge in [0, 0.05) is 23.7 Å². The molecule has 286 valence electrons. The second-order valence-electron chi connectivity index (χ2n) is 10.1. The third-order valence-corrected chi connectivity index (χ3v) is 5.79. The van der Waals surface area contributed by atoms with Crippen molar-refractivity contribution in [1.82, 2.24) is 14.9 Å². The van der Waals surface area contributed by atoms with Crippen molar-refractivity contribution < 1.29 is 65.6 Å². The van der Waals surface area contributed by atoms with Crippen LogP contribution in [0.4, 0.5) is 37.8 Å². The van der Waals surface area contributed by atoms with E-state index < -0.39 is 36.3 Å². The molecule has 10 N–H and O–H groups in total. The van der Waals surface area contributed by atoms with E-state index in [0.717, 1.165) is 5.56 Å². The first kappa shape index (κ1) is 45.6. The van der Waals surface area contributed by atoms with Gasteiger partial charge in [-0.1, -0.05) is 24.3 Å². The maximum atomic E-state index is 13.4. The van der Waals surface area contributed by atoms with Crippen molar-refractivity contribution in [1.29, 1.82) is 5.41 Å². The van der Waals surface area contributed by atoms with E-state index in [1.807, 2.05) is 13.8 Å². The number of nitrogens with zero attached hydrogens (tertiary/aromatic N) is 2. The van der Waals surface area contributed by atoms with E-state index in [1.165, 1.54) is 23.9 Å². The molecule has 0 atom stereocenters. The number of carbonyl (C=O) groups excluding carboxylic acids is 1. The van der Waals surface area contributed by atoms with Gasteiger partial charge in [-0.2, -0.15) is 26.3 Å². The second-order valence-corrected chi connectivity index (χ2v) is 10.1. The summed E-state index contributed by atoms with van der Waals surface area (Å²) >= 11 is 0. The van der Waals surface area contributed by atoms with Crippen molar-refractivity contribution in [3.05, 3.63) is 69.6 Å². The molecule has 0 saturated carbocycles. The summed E-state index contributed by atoms with van der Waals surface area (Å²) in [7, 11) is 1.40. The third kappa shape index (κ3) is 16.4. The molecule has 3 aromatic rings. The second kappa shape index (κ2) is 21.7. The number of anilines is 2. The Bertz CT molecular complexity index is 1730. The minimum absolute atomic E-state index is 0.0560. The highest BCUT2D eigenvalue weighted by Gasteiger charge is 2.38. The molecule has 1 heterocycles. The van der Waals surface area contributed by atoms with Crippen LogP contribution in [0.3, 0.4) is 0 Å². The first-order valence-electron chi connectivity index (χ1n) is 14.1. The number of nitrogen functional groups attached to an aromatic ring is 2. The van der Waals surface area contributed by atoms with Gasteiger partial charge in [-0.05, 0) is 37.1 Å². The van der Waals surface area contributed by atoms with E-state index in [1.54, 1.807) is 30.3 Å². The normalized spacial score (nSPS) is 10.3. The molecular weight excluding hydrogens is 716 g/mol. The zero-order valence-electron chi connectivity index (χ0n) is 27.5. The number of aliphatic carboxylic acids is 2. The number of hydrogen-bond donors (Lipinski definition) is 8. The van der Waals surface area contributed by atoms with Crippen molar-refractivity contribution in [3.63, 3.8) is 0 Å². The summed E-state index contributed by atoms with van der Waals surface area (Å²) in [6, 6.07) is 9.80. The van der Waals surface area contributed by atoms with Crippen LogP contribution in [-0.4, -0.2) is 81.0 Å². The van der Waals surface area contributed by atoms with Crippen LogP contribution in [0, 0.1) is 5.41 Å². The number of carbonyl (C=O) groups is 4. The van der Waals surface area contributed by atoms with Crippen molar-refractivity contribution in [2.45, 2.75) is 52.3 Å². The SMILES string of the molecule is COc1c(N)cc(CC(=O)O)cc1-c1cnc(NC(C)C)c(=O)n1CC(=O)NCc1ccc(C(=N)N)cc1.FC(F)F.O=C(O)C(F)(F)F.O=CO. The molecule has 0 bridgehead atoms. The maximum absolute atomic E-state index is 13.4. The van der Waals surface area contributed by atoms with Crippen LogP contribution in [0.1, 0.15) is 30.5 Å². The van der Waals surface area contributed by atoms with Crippen LogP contribution >= 0.6 is 0 Å². The third-order valence-electron chi connectivity index (χ3n) is 5.79. The number of nitrogens with one attached hydrogen (secondary N) is 3. The summed E-state index contributed by atoms with van der Waals surface area (Å²) in [4.78, 5) is 59.2. The molecule has 1 aromatic heterocycles. The number of amidine groups is 1. The lowest BCUT2D eigenvalue weighted by Crippen LogP contribution is -2.35. The van der Waals surface area contributed by atoms with Gasteiger partial charge in [0.05, 0.1) is 31.1 Å². The van der Waals surface area contributed by atoms with Gasteiger partial charge in [0.1, 0.15) is 12.4 Å². The maximum Gasteiger partial charge on any atom is 0.490 e. The molecule has 0 aliphatic rings. The number of amides is 1. The minimum atomic E-state index is -5.08. The number of ether oxygens (including phenoxy) is 1. The molecule has 22 heteroatoms. The molecule has 0 aliphatic carbocycles. The Kier molecular flexibility index (Phi) is 19.0. The van der Waals surface area contributed by atoms with E-state index in [2.05, 4.69) is 15.6 Å². The quantitative estimate of drug-likeness (QED) is 0.0461. The predicted octanol–water partition coefficient (Wildman–Crippen LogP) is 3.06. The summed E-state index contributed by atoms with van der Waals surface area (Å²) < 4.78 is 67.4. The van der Waals surface area contributed by atoms with Gasteiger partial charge in [0.15, 0.2) is 11.6 Å². The number of hydrogen-bond acceptors (Lipinski definition) is 10. The predicted molar refractivity (Wildman–Crippen MR) is 174 cm³/mol. The number of benzene rings is 2. The Labute approximate surface area is 290 Å². The number of aromatic nitrogens is 2. The zero-order chi connectivity index (χ0) is 40.3. The van der Waals surface area contributed by atoms with Crippen molar-refractivity contribution in [2.24, 2.45) is 5.73 Å². The lowest BCUT2D eigenvalue weighted by Gasteiger charge is -2.19. The van der Waals surface area contributed by atoms with Gasteiger partial charge in [-0.3, -0.25) is 29.2 Å². The van der Waals surface area contributed by atoms with Crippen LogP contribution in [0.5, 0.6) is 5.75 Å². The fourth-order valence-electron chi connectivity index (χ4n) is 3.84. The molecule has 0 unspecified atom stereocenters. The minimum Gasteiger partial charge on any atom is -0.494 e. The molecule has 2 aromatic carbocycles. The number of carboxylic acid groups (broad SMARTS) is 3. The van der Waals surface area contributed by atoms with Gasteiger partial charge in [-0.15, -0.1) is 0 Å².